The molecule has 154 valence electrons. The number of carbonyl (C=O) groups excluding carboxylic acids is 2. The molecule has 6 nitrogen and oxygen atoms in total. The number of benzene rings is 2. The van der Waals surface area contributed by atoms with Crippen molar-refractivity contribution in [3.63, 3.8) is 0 Å². The average Bonchev–Trinajstić information content (AvgIpc) is 2.79. The largest absolute Gasteiger partial charge is 0.334 e. The molecule has 1 N–H and O–H groups in total. The van der Waals surface area contributed by atoms with E-state index < -0.39 is 36.0 Å². The minimum Gasteiger partial charge on any atom is -0.334 e. The predicted molar refractivity (Wildman–Crippen MR) is 113 cm³/mol. The van der Waals surface area contributed by atoms with Gasteiger partial charge in [-0.2, -0.15) is 5.26 Å². The first-order valence-corrected chi connectivity index (χ1v) is 10.2. The summed E-state index contributed by atoms with van der Waals surface area (Å²) in [5, 5.41) is 13.8. The summed E-state index contributed by atoms with van der Waals surface area (Å²) >= 11 is 0. The van der Waals surface area contributed by atoms with Gasteiger partial charge in [-0.3, -0.25) is 9.78 Å². The van der Waals surface area contributed by atoms with E-state index in [-0.39, 0.29) is 12.8 Å². The molecule has 0 radical (unpaired) electrons. The highest BCUT2D eigenvalue weighted by atomic mass is 19.1. The van der Waals surface area contributed by atoms with Crippen molar-refractivity contribution < 1.29 is 14.0 Å². The Morgan fingerprint density at radius 3 is 2.65 bits per heavy atom. The fourth-order valence-electron chi connectivity index (χ4n) is 4.83. The zero-order chi connectivity index (χ0) is 21.5. The van der Waals surface area contributed by atoms with Crippen molar-refractivity contribution in [2.45, 2.75) is 31.0 Å². The number of nitriles is 1. The molecule has 0 bridgehead atoms. The SMILES string of the molecule is N#Cc1ccccc1C1CC2NC(=O)N(c3cncc4ccccc34)C(=O)C2CC1F. The monoisotopic (exact) mass is 414 g/mol. The van der Waals surface area contributed by atoms with E-state index in [0.29, 0.717) is 16.8 Å². The molecule has 1 aromatic heterocycles. The second-order valence-corrected chi connectivity index (χ2v) is 8.01. The number of alkyl halides is 1. The van der Waals surface area contributed by atoms with Gasteiger partial charge in [-0.25, -0.2) is 14.1 Å². The highest BCUT2D eigenvalue weighted by molar-refractivity contribution is 6.20. The standard InChI is InChI=1S/C24H19FN4O2/c25-20-9-19-21(10-18(20)16-7-3-1-5-14(16)11-26)28-24(31)29(23(19)30)22-13-27-12-15-6-2-4-8-17(15)22/h1-8,12-13,18-21H,9-10H2,(H,28,31). The Morgan fingerprint density at radius 2 is 1.81 bits per heavy atom. The number of carbonyl (C=O) groups is 2. The van der Waals surface area contributed by atoms with E-state index in [1.54, 1.807) is 30.5 Å². The van der Waals surface area contributed by atoms with Gasteiger partial charge in [0.25, 0.3) is 0 Å². The van der Waals surface area contributed by atoms with Gasteiger partial charge in [0, 0.05) is 28.9 Å². The Kier molecular flexibility index (Phi) is 4.63. The summed E-state index contributed by atoms with van der Waals surface area (Å²) in [4.78, 5) is 31.6. The van der Waals surface area contributed by atoms with Crippen molar-refractivity contribution in [2.75, 3.05) is 4.90 Å². The lowest BCUT2D eigenvalue weighted by atomic mass is 9.72. The van der Waals surface area contributed by atoms with Gasteiger partial charge in [0.05, 0.1) is 29.4 Å². The van der Waals surface area contributed by atoms with Gasteiger partial charge in [-0.1, -0.05) is 42.5 Å². The van der Waals surface area contributed by atoms with E-state index in [2.05, 4.69) is 16.4 Å². The number of urea groups is 1. The number of amides is 3. The second kappa shape index (κ2) is 7.47. The van der Waals surface area contributed by atoms with Crippen LogP contribution < -0.4 is 10.2 Å². The molecule has 1 saturated carbocycles. The number of halogens is 1. The lowest BCUT2D eigenvalue weighted by Crippen LogP contribution is -2.62. The third-order valence-electron chi connectivity index (χ3n) is 6.33. The number of rotatable bonds is 2. The molecule has 0 spiro atoms. The first-order chi connectivity index (χ1) is 15.1. The van der Waals surface area contributed by atoms with E-state index >= 15 is 4.39 Å². The van der Waals surface area contributed by atoms with Gasteiger partial charge in [0.1, 0.15) is 6.17 Å². The van der Waals surface area contributed by atoms with Crippen molar-refractivity contribution in [1.82, 2.24) is 10.3 Å². The maximum Gasteiger partial charge on any atom is 0.329 e. The molecule has 2 aliphatic rings. The Hall–Kier alpha value is -3.79. The molecule has 31 heavy (non-hydrogen) atoms. The zero-order valence-electron chi connectivity index (χ0n) is 16.5. The maximum atomic E-state index is 15.3. The van der Waals surface area contributed by atoms with Crippen LogP contribution in [-0.2, 0) is 4.79 Å². The third-order valence-corrected chi connectivity index (χ3v) is 6.33. The minimum absolute atomic E-state index is 0.0110. The van der Waals surface area contributed by atoms with E-state index in [4.69, 9.17) is 0 Å². The van der Waals surface area contributed by atoms with Crippen LogP contribution in [0.2, 0.25) is 0 Å². The average molecular weight is 414 g/mol. The van der Waals surface area contributed by atoms with Gasteiger partial charge in [-0.05, 0) is 24.5 Å². The van der Waals surface area contributed by atoms with Crippen LogP contribution in [0, 0.1) is 17.2 Å². The van der Waals surface area contributed by atoms with E-state index in [0.717, 1.165) is 15.7 Å². The normalized spacial score (nSPS) is 25.6. The number of nitrogens with one attached hydrogen (secondary N) is 1. The van der Waals surface area contributed by atoms with Gasteiger partial charge < -0.3 is 5.32 Å². The van der Waals surface area contributed by atoms with Crippen molar-refractivity contribution in [1.29, 1.82) is 5.26 Å². The number of hydrogen-bond acceptors (Lipinski definition) is 4. The fraction of sp³-hybridized carbons (Fsp3) is 0.250. The number of aromatic nitrogens is 1. The topological polar surface area (TPSA) is 86.1 Å². The van der Waals surface area contributed by atoms with Crippen LogP contribution in [0.5, 0.6) is 0 Å². The van der Waals surface area contributed by atoms with Gasteiger partial charge in [-0.15, -0.1) is 0 Å². The molecule has 1 saturated heterocycles. The molecule has 4 atom stereocenters. The molecule has 2 fully saturated rings. The van der Waals surface area contributed by atoms with E-state index in [1.807, 2.05) is 24.3 Å². The predicted octanol–water partition coefficient (Wildman–Crippen LogP) is 4.06. The van der Waals surface area contributed by atoms with Crippen LogP contribution in [0.15, 0.2) is 60.9 Å². The van der Waals surface area contributed by atoms with Gasteiger partial charge in [0.2, 0.25) is 5.91 Å². The summed E-state index contributed by atoms with van der Waals surface area (Å²) in [5.74, 6) is -1.63. The Balaban J connectivity index is 1.48. The number of nitrogens with zero attached hydrogens (tertiary/aromatic N) is 3. The second-order valence-electron chi connectivity index (χ2n) is 8.01. The lowest BCUT2D eigenvalue weighted by molar-refractivity contribution is -0.125. The Labute approximate surface area is 178 Å². The van der Waals surface area contributed by atoms with Crippen LogP contribution in [0.3, 0.4) is 0 Å². The van der Waals surface area contributed by atoms with Crippen LogP contribution in [0.1, 0.15) is 29.9 Å². The van der Waals surface area contributed by atoms with Crippen molar-refractivity contribution in [3.05, 3.63) is 72.1 Å². The maximum absolute atomic E-state index is 15.3. The zero-order valence-corrected chi connectivity index (χ0v) is 16.5. The smallest absolute Gasteiger partial charge is 0.329 e. The van der Waals surface area contributed by atoms with Crippen molar-refractivity contribution in [3.8, 4) is 6.07 Å². The summed E-state index contributed by atoms with van der Waals surface area (Å²) in [6.07, 6.45) is 2.12. The van der Waals surface area contributed by atoms with Crippen LogP contribution in [0.4, 0.5) is 14.9 Å². The molecule has 2 aromatic carbocycles. The number of hydrogen-bond donors (Lipinski definition) is 1. The molecule has 1 aliphatic carbocycles. The molecule has 7 heteroatoms. The van der Waals surface area contributed by atoms with Crippen LogP contribution in [-0.4, -0.2) is 29.1 Å². The number of fused-ring (bicyclic) bond motifs is 2. The number of anilines is 1. The van der Waals surface area contributed by atoms with Gasteiger partial charge >= 0.3 is 6.03 Å². The summed E-state index contributed by atoms with van der Waals surface area (Å²) in [7, 11) is 0. The molecular formula is C24H19FN4O2. The van der Waals surface area contributed by atoms with Crippen molar-refractivity contribution >= 4 is 28.4 Å². The fourth-order valence-corrected chi connectivity index (χ4v) is 4.83. The highest BCUT2D eigenvalue weighted by Crippen LogP contribution is 2.42. The molecular weight excluding hydrogens is 395 g/mol. The highest BCUT2D eigenvalue weighted by Gasteiger charge is 2.49. The summed E-state index contributed by atoms with van der Waals surface area (Å²) in [5.41, 5.74) is 1.44. The van der Waals surface area contributed by atoms with E-state index in [1.165, 1.54) is 6.20 Å². The molecule has 2 heterocycles. The van der Waals surface area contributed by atoms with Gasteiger partial charge in [0.15, 0.2) is 0 Å². The summed E-state index contributed by atoms with van der Waals surface area (Å²) < 4.78 is 15.3. The molecule has 5 rings (SSSR count). The quantitative estimate of drug-likeness (QED) is 0.685. The van der Waals surface area contributed by atoms with E-state index in [9.17, 15) is 14.9 Å². The summed E-state index contributed by atoms with van der Waals surface area (Å²) in [6, 6.07) is 15.4. The number of pyridine rings is 1. The number of imide groups is 1. The lowest BCUT2D eigenvalue weighted by Gasteiger charge is -2.43. The summed E-state index contributed by atoms with van der Waals surface area (Å²) in [6.45, 7) is 0. The van der Waals surface area contributed by atoms with Crippen LogP contribution >= 0.6 is 0 Å². The molecule has 4 unspecified atom stereocenters. The van der Waals surface area contributed by atoms with Crippen molar-refractivity contribution in [2.24, 2.45) is 5.92 Å². The molecule has 3 amide bonds. The first kappa shape index (κ1) is 19.2. The minimum atomic E-state index is -1.29. The first-order valence-electron chi connectivity index (χ1n) is 10.2. The third kappa shape index (κ3) is 3.12. The molecule has 1 aliphatic heterocycles. The Bertz CT molecular complexity index is 1230. The Morgan fingerprint density at radius 1 is 1.03 bits per heavy atom. The van der Waals surface area contributed by atoms with Crippen LogP contribution in [0.25, 0.3) is 10.8 Å². The molecule has 3 aromatic rings.